The molecule has 4 nitrogen and oxygen atoms in total. The Kier molecular flexibility index (Phi) is 7.51. The molecule has 1 N–H and O–H groups in total. The first-order valence-corrected chi connectivity index (χ1v) is 10.4. The summed E-state index contributed by atoms with van der Waals surface area (Å²) in [6.07, 6.45) is -7.77. The largest absolute Gasteiger partial charge is 0.416 e. The van der Waals surface area contributed by atoms with E-state index in [1.165, 1.54) is 12.1 Å². The van der Waals surface area contributed by atoms with Crippen molar-refractivity contribution in [3.05, 3.63) is 35.4 Å². The summed E-state index contributed by atoms with van der Waals surface area (Å²) in [6, 6.07) is 4.21. The molecule has 1 aliphatic heterocycles. The molecule has 0 spiro atoms. The zero-order valence-electron chi connectivity index (χ0n) is 16.9. The Morgan fingerprint density at radius 2 is 1.65 bits per heavy atom. The Labute approximate surface area is 176 Å². The topological polar surface area (TPSA) is 41.6 Å². The number of nitrogens with zero attached hydrogens (tertiary/aromatic N) is 1. The average molecular weight is 452 g/mol. The fraction of sp³-hybridized carbons (Fsp3) is 0.667. The smallest absolute Gasteiger partial charge is 0.379 e. The molecule has 2 fully saturated rings. The summed E-state index contributed by atoms with van der Waals surface area (Å²) in [5.41, 5.74) is -0.220. The lowest BCUT2D eigenvalue weighted by molar-refractivity contribution is -0.198. The van der Waals surface area contributed by atoms with Gasteiger partial charge in [-0.05, 0) is 30.5 Å². The third-order valence-corrected chi connectivity index (χ3v) is 6.10. The second-order valence-corrected chi connectivity index (χ2v) is 8.07. The Morgan fingerprint density at radius 3 is 2.23 bits per heavy atom. The van der Waals surface area contributed by atoms with Gasteiger partial charge in [0.2, 0.25) is 5.91 Å². The molecule has 1 amide bonds. The van der Waals surface area contributed by atoms with E-state index in [0.717, 1.165) is 12.1 Å². The Balaban J connectivity index is 1.73. The van der Waals surface area contributed by atoms with E-state index in [1.807, 2.05) is 4.90 Å². The van der Waals surface area contributed by atoms with Crippen molar-refractivity contribution >= 4 is 5.91 Å². The lowest BCUT2D eigenvalue weighted by Gasteiger charge is -2.36. The molecule has 3 unspecified atom stereocenters. The average Bonchev–Trinajstić information content (AvgIpc) is 2.73. The van der Waals surface area contributed by atoms with Gasteiger partial charge in [-0.25, -0.2) is 0 Å². The first-order valence-electron chi connectivity index (χ1n) is 10.4. The standard InChI is InChI=1S/C21H26F6N2O2/c22-20(23,24)15-7-5-14(6-8-15)18(29-9-11-31-12-10-29)13-28-19(30)16-3-1-2-4-17(16)21(25,26)27/h5-8,16-18H,1-4,9-13H2,(H,28,30). The van der Waals surface area contributed by atoms with E-state index in [-0.39, 0.29) is 19.4 Å². The van der Waals surface area contributed by atoms with Crippen molar-refractivity contribution in [2.24, 2.45) is 11.8 Å². The van der Waals surface area contributed by atoms with E-state index in [0.29, 0.717) is 44.7 Å². The van der Waals surface area contributed by atoms with Crippen LogP contribution in [0.2, 0.25) is 0 Å². The SMILES string of the molecule is O=C(NCC(c1ccc(C(F)(F)F)cc1)N1CCOCC1)C1CCCCC1C(F)(F)F. The number of amides is 1. The van der Waals surface area contributed by atoms with Crippen molar-refractivity contribution in [2.45, 2.75) is 44.1 Å². The third kappa shape index (κ3) is 6.12. The monoisotopic (exact) mass is 452 g/mol. The van der Waals surface area contributed by atoms with Crippen molar-refractivity contribution in [3.63, 3.8) is 0 Å². The van der Waals surface area contributed by atoms with E-state index in [4.69, 9.17) is 4.74 Å². The molecule has 1 saturated heterocycles. The fourth-order valence-electron chi connectivity index (χ4n) is 4.41. The molecule has 2 aliphatic rings. The van der Waals surface area contributed by atoms with Gasteiger partial charge in [-0.1, -0.05) is 25.0 Å². The van der Waals surface area contributed by atoms with Crippen molar-refractivity contribution in [3.8, 4) is 0 Å². The normalized spacial score (nSPS) is 24.6. The van der Waals surface area contributed by atoms with Gasteiger partial charge in [0, 0.05) is 25.6 Å². The van der Waals surface area contributed by atoms with Gasteiger partial charge in [0.25, 0.3) is 0 Å². The molecular formula is C21H26F6N2O2. The van der Waals surface area contributed by atoms with Crippen LogP contribution < -0.4 is 5.32 Å². The summed E-state index contributed by atoms with van der Waals surface area (Å²) in [6.45, 7) is 1.91. The van der Waals surface area contributed by atoms with E-state index in [2.05, 4.69) is 5.32 Å². The zero-order valence-corrected chi connectivity index (χ0v) is 16.9. The quantitative estimate of drug-likeness (QED) is 0.666. The summed E-state index contributed by atoms with van der Waals surface area (Å²) in [7, 11) is 0. The summed E-state index contributed by atoms with van der Waals surface area (Å²) >= 11 is 0. The minimum Gasteiger partial charge on any atom is -0.379 e. The molecule has 1 aromatic rings. The molecule has 3 rings (SSSR count). The molecule has 174 valence electrons. The van der Waals surface area contributed by atoms with E-state index < -0.39 is 41.7 Å². The number of rotatable bonds is 5. The van der Waals surface area contributed by atoms with Crippen molar-refractivity contribution in [1.82, 2.24) is 10.2 Å². The zero-order chi connectivity index (χ0) is 22.6. The van der Waals surface area contributed by atoms with Gasteiger partial charge >= 0.3 is 12.4 Å². The number of carbonyl (C=O) groups excluding carboxylic acids is 1. The summed E-state index contributed by atoms with van der Waals surface area (Å²) in [4.78, 5) is 14.6. The van der Waals surface area contributed by atoms with Crippen molar-refractivity contribution in [2.75, 3.05) is 32.8 Å². The number of hydrogen-bond acceptors (Lipinski definition) is 3. The minimum absolute atomic E-state index is 0.0191. The number of ether oxygens (including phenoxy) is 1. The first kappa shape index (κ1) is 23.8. The second-order valence-electron chi connectivity index (χ2n) is 8.07. The highest BCUT2D eigenvalue weighted by molar-refractivity contribution is 5.79. The lowest BCUT2D eigenvalue weighted by Crippen LogP contribution is -2.47. The highest BCUT2D eigenvalue weighted by Crippen LogP contribution is 2.41. The van der Waals surface area contributed by atoms with Crippen LogP contribution in [0.3, 0.4) is 0 Å². The van der Waals surface area contributed by atoms with Crippen LogP contribution in [0.25, 0.3) is 0 Å². The van der Waals surface area contributed by atoms with Gasteiger partial charge in [0.15, 0.2) is 0 Å². The molecule has 0 bridgehead atoms. The Hall–Kier alpha value is -1.81. The maximum absolute atomic E-state index is 13.3. The molecule has 0 radical (unpaired) electrons. The van der Waals surface area contributed by atoms with Crippen LogP contribution in [0.15, 0.2) is 24.3 Å². The second kappa shape index (κ2) is 9.77. The molecular weight excluding hydrogens is 426 g/mol. The van der Waals surface area contributed by atoms with Crippen LogP contribution in [0.1, 0.15) is 42.9 Å². The van der Waals surface area contributed by atoms with Crippen molar-refractivity contribution in [1.29, 1.82) is 0 Å². The van der Waals surface area contributed by atoms with Crippen LogP contribution in [-0.4, -0.2) is 49.8 Å². The Morgan fingerprint density at radius 1 is 1.03 bits per heavy atom. The predicted octanol–water partition coefficient (Wildman–Crippen LogP) is 4.56. The number of nitrogens with one attached hydrogen (secondary N) is 1. The predicted molar refractivity (Wildman–Crippen MR) is 101 cm³/mol. The number of hydrogen-bond donors (Lipinski definition) is 1. The molecule has 1 saturated carbocycles. The lowest BCUT2D eigenvalue weighted by atomic mass is 9.78. The van der Waals surface area contributed by atoms with Gasteiger partial charge in [-0.15, -0.1) is 0 Å². The molecule has 10 heteroatoms. The maximum atomic E-state index is 13.3. The van der Waals surface area contributed by atoms with E-state index in [1.54, 1.807) is 0 Å². The summed E-state index contributed by atoms with van der Waals surface area (Å²) in [5, 5.41) is 2.65. The minimum atomic E-state index is -4.46. The van der Waals surface area contributed by atoms with Gasteiger partial charge in [-0.3, -0.25) is 9.69 Å². The molecule has 0 aromatic heterocycles. The van der Waals surface area contributed by atoms with Crippen LogP contribution in [0, 0.1) is 11.8 Å². The van der Waals surface area contributed by atoms with Crippen LogP contribution in [0.4, 0.5) is 26.3 Å². The van der Waals surface area contributed by atoms with Gasteiger partial charge in [0.1, 0.15) is 0 Å². The molecule has 1 aliphatic carbocycles. The summed E-state index contributed by atoms with van der Waals surface area (Å²) < 4.78 is 84.0. The number of benzene rings is 1. The summed E-state index contributed by atoms with van der Waals surface area (Å²) in [5.74, 6) is -3.44. The molecule has 1 heterocycles. The van der Waals surface area contributed by atoms with Crippen LogP contribution in [-0.2, 0) is 15.7 Å². The number of carbonyl (C=O) groups is 1. The van der Waals surface area contributed by atoms with E-state index >= 15 is 0 Å². The third-order valence-electron chi connectivity index (χ3n) is 6.10. The first-order chi connectivity index (χ1) is 14.6. The molecule has 3 atom stereocenters. The van der Waals surface area contributed by atoms with Gasteiger partial charge < -0.3 is 10.1 Å². The molecule has 31 heavy (non-hydrogen) atoms. The highest BCUT2D eigenvalue weighted by Gasteiger charge is 2.48. The van der Waals surface area contributed by atoms with Gasteiger partial charge in [-0.2, -0.15) is 26.3 Å². The van der Waals surface area contributed by atoms with Crippen LogP contribution >= 0.6 is 0 Å². The fourth-order valence-corrected chi connectivity index (χ4v) is 4.41. The number of alkyl halides is 6. The molecule has 1 aromatic carbocycles. The van der Waals surface area contributed by atoms with E-state index in [9.17, 15) is 31.1 Å². The number of halogens is 6. The Bertz CT molecular complexity index is 729. The van der Waals surface area contributed by atoms with Gasteiger partial charge in [0.05, 0.1) is 30.7 Å². The maximum Gasteiger partial charge on any atom is 0.416 e. The van der Waals surface area contributed by atoms with Crippen LogP contribution in [0.5, 0.6) is 0 Å². The number of morpholine rings is 1. The van der Waals surface area contributed by atoms with Crippen molar-refractivity contribution < 1.29 is 35.9 Å². The highest BCUT2D eigenvalue weighted by atomic mass is 19.4.